The van der Waals surface area contributed by atoms with Crippen LogP contribution in [0.1, 0.15) is 57.4 Å². The molecule has 0 fully saturated rings. The first kappa shape index (κ1) is 21.2. The van der Waals surface area contributed by atoms with Crippen molar-refractivity contribution in [1.82, 2.24) is 15.0 Å². The SMILES string of the molecule is COc1cc(OC)c(C2=CCN([C@H](C)c3nc(C(C)(C)C)no3)CC2)c(OC)c1. The van der Waals surface area contributed by atoms with Gasteiger partial charge in [0.05, 0.1) is 32.9 Å². The Morgan fingerprint density at radius 3 is 2.17 bits per heavy atom. The summed E-state index contributed by atoms with van der Waals surface area (Å²) in [5.74, 6) is 3.60. The Balaban J connectivity index is 1.81. The van der Waals surface area contributed by atoms with E-state index in [1.807, 2.05) is 12.1 Å². The Morgan fingerprint density at radius 2 is 1.72 bits per heavy atom. The number of rotatable bonds is 6. The van der Waals surface area contributed by atoms with E-state index in [4.69, 9.17) is 18.7 Å². The van der Waals surface area contributed by atoms with E-state index in [-0.39, 0.29) is 11.5 Å². The lowest BCUT2D eigenvalue weighted by Crippen LogP contribution is -2.31. The van der Waals surface area contributed by atoms with E-state index in [1.165, 1.54) is 5.57 Å². The van der Waals surface area contributed by atoms with Gasteiger partial charge in [0.2, 0.25) is 5.89 Å². The van der Waals surface area contributed by atoms with Crippen LogP contribution in [0.2, 0.25) is 0 Å². The molecule has 0 saturated heterocycles. The van der Waals surface area contributed by atoms with Gasteiger partial charge in [-0.05, 0) is 18.9 Å². The van der Waals surface area contributed by atoms with Gasteiger partial charge in [0.25, 0.3) is 0 Å². The fourth-order valence-electron chi connectivity index (χ4n) is 3.45. The number of aromatic nitrogens is 2. The predicted molar refractivity (Wildman–Crippen MR) is 112 cm³/mol. The molecule has 0 radical (unpaired) electrons. The molecule has 3 rings (SSSR count). The molecule has 1 aromatic carbocycles. The largest absolute Gasteiger partial charge is 0.496 e. The van der Waals surface area contributed by atoms with Crippen LogP contribution in [-0.4, -0.2) is 49.5 Å². The molecule has 0 unspecified atom stereocenters. The van der Waals surface area contributed by atoms with Crippen LogP contribution < -0.4 is 14.2 Å². The van der Waals surface area contributed by atoms with Gasteiger partial charge in [-0.2, -0.15) is 4.98 Å². The molecule has 7 heteroatoms. The normalized spacial score (nSPS) is 16.3. The second kappa shape index (κ2) is 8.45. The maximum absolute atomic E-state index is 5.61. The van der Waals surface area contributed by atoms with Crippen LogP contribution in [0.5, 0.6) is 17.2 Å². The van der Waals surface area contributed by atoms with Gasteiger partial charge < -0.3 is 18.7 Å². The van der Waals surface area contributed by atoms with Crippen molar-refractivity contribution >= 4 is 5.57 Å². The number of hydrogen-bond donors (Lipinski definition) is 0. The lowest BCUT2D eigenvalue weighted by Gasteiger charge is -2.30. The molecule has 158 valence electrons. The van der Waals surface area contributed by atoms with E-state index in [2.05, 4.69) is 48.8 Å². The first-order valence-electron chi connectivity index (χ1n) is 9.86. The fraction of sp³-hybridized carbons (Fsp3) is 0.545. The molecular weight excluding hydrogens is 370 g/mol. The van der Waals surface area contributed by atoms with E-state index >= 15 is 0 Å². The van der Waals surface area contributed by atoms with Crippen LogP contribution in [0.4, 0.5) is 0 Å². The number of methoxy groups -OCH3 is 3. The molecule has 2 heterocycles. The summed E-state index contributed by atoms with van der Waals surface area (Å²) >= 11 is 0. The van der Waals surface area contributed by atoms with Crippen LogP contribution in [-0.2, 0) is 5.41 Å². The second-order valence-corrected chi connectivity index (χ2v) is 8.26. The summed E-state index contributed by atoms with van der Waals surface area (Å²) in [6.45, 7) is 10.0. The third-order valence-corrected chi connectivity index (χ3v) is 5.29. The van der Waals surface area contributed by atoms with Gasteiger partial charge in [-0.3, -0.25) is 4.90 Å². The summed E-state index contributed by atoms with van der Waals surface area (Å²) in [5.41, 5.74) is 2.05. The van der Waals surface area contributed by atoms with Crippen molar-refractivity contribution in [3.63, 3.8) is 0 Å². The van der Waals surface area contributed by atoms with Gasteiger partial charge in [0.15, 0.2) is 5.82 Å². The molecule has 0 aliphatic carbocycles. The monoisotopic (exact) mass is 401 g/mol. The predicted octanol–water partition coefficient (Wildman–Crippen LogP) is 4.24. The van der Waals surface area contributed by atoms with Crippen molar-refractivity contribution in [2.75, 3.05) is 34.4 Å². The van der Waals surface area contributed by atoms with Crippen LogP contribution >= 0.6 is 0 Å². The quantitative estimate of drug-likeness (QED) is 0.717. The highest BCUT2D eigenvalue weighted by atomic mass is 16.5. The maximum atomic E-state index is 5.61. The topological polar surface area (TPSA) is 69.9 Å². The zero-order valence-electron chi connectivity index (χ0n) is 18.4. The van der Waals surface area contributed by atoms with Crippen molar-refractivity contribution < 1.29 is 18.7 Å². The third-order valence-electron chi connectivity index (χ3n) is 5.29. The molecule has 1 atom stereocenters. The fourth-order valence-corrected chi connectivity index (χ4v) is 3.45. The van der Waals surface area contributed by atoms with E-state index in [0.29, 0.717) is 11.6 Å². The molecule has 1 aliphatic heterocycles. The van der Waals surface area contributed by atoms with Crippen molar-refractivity contribution in [2.45, 2.75) is 45.6 Å². The van der Waals surface area contributed by atoms with E-state index in [9.17, 15) is 0 Å². The Hall–Kier alpha value is -2.54. The summed E-state index contributed by atoms with van der Waals surface area (Å²) in [6, 6.07) is 3.83. The minimum absolute atomic E-state index is 0.0519. The number of hydrogen-bond acceptors (Lipinski definition) is 7. The van der Waals surface area contributed by atoms with Crippen LogP contribution in [0.25, 0.3) is 5.57 Å². The minimum atomic E-state index is -0.127. The van der Waals surface area contributed by atoms with Crippen LogP contribution in [0.15, 0.2) is 22.7 Å². The van der Waals surface area contributed by atoms with E-state index in [0.717, 1.165) is 42.4 Å². The summed E-state index contributed by atoms with van der Waals surface area (Å²) in [6.07, 6.45) is 3.08. The highest BCUT2D eigenvalue weighted by Gasteiger charge is 2.28. The average Bonchev–Trinajstić information content (AvgIpc) is 3.23. The average molecular weight is 402 g/mol. The van der Waals surface area contributed by atoms with Crippen molar-refractivity contribution in [3.8, 4) is 17.2 Å². The maximum Gasteiger partial charge on any atom is 0.243 e. The van der Waals surface area contributed by atoms with Gasteiger partial charge in [0, 0.05) is 30.6 Å². The first-order valence-corrected chi connectivity index (χ1v) is 9.86. The standard InChI is InChI=1S/C22H31N3O4/c1-14(20-23-21(24-29-20)22(2,3)4)25-10-8-15(9-11-25)19-17(27-6)12-16(26-5)13-18(19)28-7/h8,12-14H,9-11H2,1-7H3/t14-/m1/s1. The summed E-state index contributed by atoms with van der Waals surface area (Å²) in [7, 11) is 4.96. The van der Waals surface area contributed by atoms with Crippen LogP contribution in [0.3, 0.4) is 0 Å². The Morgan fingerprint density at radius 1 is 1.07 bits per heavy atom. The van der Waals surface area contributed by atoms with Crippen LogP contribution in [0, 0.1) is 0 Å². The molecule has 1 aromatic heterocycles. The molecule has 2 aromatic rings. The molecule has 29 heavy (non-hydrogen) atoms. The Labute approximate surface area is 172 Å². The number of benzene rings is 1. The van der Waals surface area contributed by atoms with E-state index in [1.54, 1.807) is 21.3 Å². The van der Waals surface area contributed by atoms with Crippen molar-refractivity contribution in [3.05, 3.63) is 35.5 Å². The molecular formula is C22H31N3O4. The second-order valence-electron chi connectivity index (χ2n) is 8.26. The zero-order valence-corrected chi connectivity index (χ0v) is 18.4. The Bertz CT molecular complexity index is 857. The highest BCUT2D eigenvalue weighted by molar-refractivity contribution is 5.77. The smallest absolute Gasteiger partial charge is 0.243 e. The molecule has 0 saturated carbocycles. The molecule has 0 spiro atoms. The van der Waals surface area contributed by atoms with Gasteiger partial charge >= 0.3 is 0 Å². The Kier molecular flexibility index (Phi) is 6.17. The minimum Gasteiger partial charge on any atom is -0.496 e. The number of nitrogens with zero attached hydrogens (tertiary/aromatic N) is 3. The molecule has 0 amide bonds. The molecule has 7 nitrogen and oxygen atoms in total. The van der Waals surface area contributed by atoms with Crippen molar-refractivity contribution in [1.29, 1.82) is 0 Å². The highest BCUT2D eigenvalue weighted by Crippen LogP contribution is 2.41. The summed E-state index contributed by atoms with van der Waals surface area (Å²) < 4.78 is 22.1. The number of ether oxygens (including phenoxy) is 3. The third kappa shape index (κ3) is 4.40. The summed E-state index contributed by atoms with van der Waals surface area (Å²) in [4.78, 5) is 6.94. The lowest BCUT2D eigenvalue weighted by molar-refractivity contribution is 0.189. The molecule has 0 bridgehead atoms. The van der Waals surface area contributed by atoms with Gasteiger partial charge in [-0.15, -0.1) is 0 Å². The van der Waals surface area contributed by atoms with E-state index < -0.39 is 0 Å². The summed E-state index contributed by atoms with van der Waals surface area (Å²) in [5, 5.41) is 4.15. The van der Waals surface area contributed by atoms with Gasteiger partial charge in [-0.25, -0.2) is 0 Å². The molecule has 0 N–H and O–H groups in total. The molecule has 1 aliphatic rings. The first-order chi connectivity index (χ1) is 13.8. The zero-order chi connectivity index (χ0) is 21.2. The van der Waals surface area contributed by atoms with Gasteiger partial charge in [-0.1, -0.05) is 32.0 Å². The van der Waals surface area contributed by atoms with Gasteiger partial charge in [0.1, 0.15) is 17.2 Å². The lowest BCUT2D eigenvalue weighted by atomic mass is 9.96. The van der Waals surface area contributed by atoms with Crippen molar-refractivity contribution in [2.24, 2.45) is 0 Å².